The molecule has 2 fully saturated rings. The summed E-state index contributed by atoms with van der Waals surface area (Å²) in [5.41, 5.74) is 6.40. The topological polar surface area (TPSA) is 38.5 Å². The Balaban J connectivity index is 2.02. The molecule has 2 aliphatic rings. The minimum Gasteiger partial charge on any atom is -0.381 e. The van der Waals surface area contributed by atoms with Gasteiger partial charge in [-0.2, -0.15) is 0 Å². The number of nitrogens with zero attached hydrogens (tertiary/aromatic N) is 1. The van der Waals surface area contributed by atoms with E-state index >= 15 is 0 Å². The maximum Gasteiger partial charge on any atom is 0.0607 e. The van der Waals surface area contributed by atoms with Crippen molar-refractivity contribution in [3.63, 3.8) is 0 Å². The van der Waals surface area contributed by atoms with Gasteiger partial charge in [-0.05, 0) is 44.6 Å². The molecular weight excluding hydrogens is 236 g/mol. The molecule has 2 aliphatic carbocycles. The van der Waals surface area contributed by atoms with Crippen molar-refractivity contribution < 1.29 is 4.74 Å². The molecule has 3 heteroatoms. The van der Waals surface area contributed by atoms with Crippen molar-refractivity contribution in [3.8, 4) is 0 Å². The minimum absolute atomic E-state index is 0.241. The monoisotopic (exact) mass is 268 g/mol. The summed E-state index contributed by atoms with van der Waals surface area (Å²) in [6.07, 6.45) is 9.54. The van der Waals surface area contributed by atoms with Gasteiger partial charge < -0.3 is 10.5 Å². The van der Waals surface area contributed by atoms with Crippen molar-refractivity contribution >= 4 is 0 Å². The molecule has 2 saturated carbocycles. The Labute approximate surface area is 118 Å². The van der Waals surface area contributed by atoms with E-state index in [0.29, 0.717) is 6.10 Å². The van der Waals surface area contributed by atoms with Crippen LogP contribution in [0, 0.1) is 5.92 Å². The van der Waals surface area contributed by atoms with Gasteiger partial charge in [-0.3, -0.25) is 4.90 Å². The van der Waals surface area contributed by atoms with E-state index in [9.17, 15) is 0 Å². The third kappa shape index (κ3) is 3.32. The Hall–Kier alpha value is -0.120. The van der Waals surface area contributed by atoms with Crippen LogP contribution in [0.25, 0.3) is 0 Å². The van der Waals surface area contributed by atoms with Crippen LogP contribution in [0.1, 0.15) is 58.8 Å². The first-order valence-corrected chi connectivity index (χ1v) is 8.11. The number of ether oxygens (including phenoxy) is 1. The second kappa shape index (κ2) is 6.55. The van der Waals surface area contributed by atoms with Crippen molar-refractivity contribution in [1.82, 2.24) is 4.90 Å². The third-order valence-corrected chi connectivity index (χ3v) is 5.25. The molecule has 0 spiro atoms. The maximum atomic E-state index is 6.16. The zero-order valence-corrected chi connectivity index (χ0v) is 13.0. The second-order valence-electron chi connectivity index (χ2n) is 7.01. The van der Waals surface area contributed by atoms with Crippen molar-refractivity contribution in [2.75, 3.05) is 20.2 Å². The van der Waals surface area contributed by atoms with Gasteiger partial charge in [0.25, 0.3) is 0 Å². The number of hydrogen-bond acceptors (Lipinski definition) is 3. The Bertz CT molecular complexity index is 268. The summed E-state index contributed by atoms with van der Waals surface area (Å²) < 4.78 is 5.50. The van der Waals surface area contributed by atoms with Crippen LogP contribution in [0.5, 0.6) is 0 Å². The van der Waals surface area contributed by atoms with Gasteiger partial charge in [0.1, 0.15) is 0 Å². The SMILES string of the molecule is COC1CC(CN)(N(CCC(C)C)C2CCCC2)C1. The molecule has 0 aromatic heterocycles. The first-order chi connectivity index (χ1) is 9.11. The molecule has 3 nitrogen and oxygen atoms in total. The normalized spacial score (nSPS) is 32.2. The van der Waals surface area contributed by atoms with Crippen LogP contribution in [-0.4, -0.2) is 42.8 Å². The predicted octanol–water partition coefficient (Wildman–Crippen LogP) is 2.78. The van der Waals surface area contributed by atoms with Crippen LogP contribution in [0.3, 0.4) is 0 Å². The highest BCUT2D eigenvalue weighted by Gasteiger charge is 2.49. The Morgan fingerprint density at radius 3 is 2.37 bits per heavy atom. The van der Waals surface area contributed by atoms with Crippen molar-refractivity contribution in [2.45, 2.75) is 76.5 Å². The van der Waals surface area contributed by atoms with E-state index in [4.69, 9.17) is 10.5 Å². The van der Waals surface area contributed by atoms with E-state index in [1.807, 2.05) is 7.11 Å². The summed E-state index contributed by atoms with van der Waals surface area (Å²) in [5, 5.41) is 0. The van der Waals surface area contributed by atoms with Crippen LogP contribution in [0.2, 0.25) is 0 Å². The zero-order valence-electron chi connectivity index (χ0n) is 13.0. The highest BCUT2D eigenvalue weighted by Crippen LogP contribution is 2.42. The molecule has 112 valence electrons. The van der Waals surface area contributed by atoms with E-state index in [0.717, 1.165) is 31.3 Å². The quantitative estimate of drug-likeness (QED) is 0.771. The van der Waals surface area contributed by atoms with Gasteiger partial charge in [-0.25, -0.2) is 0 Å². The Morgan fingerprint density at radius 1 is 1.26 bits per heavy atom. The fourth-order valence-corrected chi connectivity index (χ4v) is 3.89. The smallest absolute Gasteiger partial charge is 0.0607 e. The molecule has 0 radical (unpaired) electrons. The summed E-state index contributed by atoms with van der Waals surface area (Å²) in [5.74, 6) is 0.775. The lowest BCUT2D eigenvalue weighted by Crippen LogP contribution is -2.66. The van der Waals surface area contributed by atoms with Gasteiger partial charge in [0, 0.05) is 25.2 Å². The van der Waals surface area contributed by atoms with Crippen molar-refractivity contribution in [2.24, 2.45) is 11.7 Å². The van der Waals surface area contributed by atoms with Crippen molar-refractivity contribution in [1.29, 1.82) is 0 Å². The van der Waals surface area contributed by atoms with Crippen LogP contribution in [0.15, 0.2) is 0 Å². The Kier molecular flexibility index (Phi) is 5.27. The van der Waals surface area contributed by atoms with Gasteiger partial charge in [-0.15, -0.1) is 0 Å². The molecule has 19 heavy (non-hydrogen) atoms. The van der Waals surface area contributed by atoms with Crippen LogP contribution in [-0.2, 0) is 4.74 Å². The average molecular weight is 268 g/mol. The first kappa shape index (κ1) is 15.3. The summed E-state index contributed by atoms with van der Waals surface area (Å²) in [7, 11) is 1.83. The molecule has 0 aromatic carbocycles. The molecule has 2 N–H and O–H groups in total. The summed E-state index contributed by atoms with van der Waals surface area (Å²) in [6.45, 7) is 6.65. The molecule has 2 rings (SSSR count). The lowest BCUT2D eigenvalue weighted by atomic mass is 9.71. The highest BCUT2D eigenvalue weighted by molar-refractivity contribution is 5.06. The van der Waals surface area contributed by atoms with E-state index in [2.05, 4.69) is 18.7 Å². The second-order valence-corrected chi connectivity index (χ2v) is 7.01. The highest BCUT2D eigenvalue weighted by atomic mass is 16.5. The first-order valence-electron chi connectivity index (χ1n) is 8.11. The largest absolute Gasteiger partial charge is 0.381 e. The van der Waals surface area contributed by atoms with E-state index < -0.39 is 0 Å². The van der Waals surface area contributed by atoms with E-state index in [1.54, 1.807) is 0 Å². The lowest BCUT2D eigenvalue weighted by Gasteiger charge is -2.55. The summed E-state index contributed by atoms with van der Waals surface area (Å²) >= 11 is 0. The number of nitrogens with two attached hydrogens (primary N) is 1. The summed E-state index contributed by atoms with van der Waals surface area (Å²) in [6, 6.07) is 0.778. The number of rotatable bonds is 7. The molecule has 0 atom stereocenters. The number of methoxy groups -OCH3 is 1. The van der Waals surface area contributed by atoms with Crippen LogP contribution >= 0.6 is 0 Å². The van der Waals surface area contributed by atoms with Crippen molar-refractivity contribution in [3.05, 3.63) is 0 Å². The van der Waals surface area contributed by atoms with Gasteiger partial charge in [0.05, 0.1) is 6.10 Å². The van der Waals surface area contributed by atoms with E-state index in [1.165, 1.54) is 38.6 Å². The average Bonchev–Trinajstić information content (AvgIpc) is 2.85. The van der Waals surface area contributed by atoms with Gasteiger partial charge in [-0.1, -0.05) is 26.7 Å². The molecule has 0 aliphatic heterocycles. The molecule has 0 bridgehead atoms. The fraction of sp³-hybridized carbons (Fsp3) is 1.00. The predicted molar refractivity (Wildman–Crippen MR) is 80.2 cm³/mol. The number of hydrogen-bond donors (Lipinski definition) is 1. The van der Waals surface area contributed by atoms with Gasteiger partial charge in [0.2, 0.25) is 0 Å². The zero-order chi connectivity index (χ0) is 13.9. The maximum absolute atomic E-state index is 6.16. The summed E-state index contributed by atoms with van der Waals surface area (Å²) in [4.78, 5) is 2.77. The molecule has 0 aromatic rings. The fourth-order valence-electron chi connectivity index (χ4n) is 3.89. The molecule has 0 saturated heterocycles. The standard InChI is InChI=1S/C16H32N2O/c1-13(2)8-9-18(14-6-4-5-7-14)16(12-17)10-15(11-16)19-3/h13-15H,4-12,17H2,1-3H3. The van der Waals surface area contributed by atoms with Gasteiger partial charge >= 0.3 is 0 Å². The van der Waals surface area contributed by atoms with E-state index in [-0.39, 0.29) is 5.54 Å². The van der Waals surface area contributed by atoms with Gasteiger partial charge in [0.15, 0.2) is 0 Å². The molecule has 0 heterocycles. The Morgan fingerprint density at radius 2 is 1.89 bits per heavy atom. The van der Waals surface area contributed by atoms with Crippen LogP contribution < -0.4 is 5.73 Å². The third-order valence-electron chi connectivity index (χ3n) is 5.25. The molecule has 0 amide bonds. The molecular formula is C16H32N2O. The van der Waals surface area contributed by atoms with Crippen LogP contribution in [0.4, 0.5) is 0 Å². The molecule has 0 unspecified atom stereocenters. The minimum atomic E-state index is 0.241. The lowest BCUT2D eigenvalue weighted by molar-refractivity contribution is -0.103.